The normalized spacial score (nSPS) is 24.3. The van der Waals surface area contributed by atoms with E-state index in [1.807, 2.05) is 0 Å². The second-order valence-electron chi connectivity index (χ2n) is 5.05. The van der Waals surface area contributed by atoms with Gasteiger partial charge in [0, 0.05) is 25.0 Å². The summed E-state index contributed by atoms with van der Waals surface area (Å²) in [4.78, 5) is 34.1. The molecule has 0 aliphatic heterocycles. The first-order valence-corrected chi connectivity index (χ1v) is 6.92. The summed E-state index contributed by atoms with van der Waals surface area (Å²) in [5, 5.41) is 27.4. The molecule has 3 amide bonds. The Kier molecular flexibility index (Phi) is 6.96. The molecule has 0 aromatic carbocycles. The zero-order chi connectivity index (χ0) is 16.7. The van der Waals surface area contributed by atoms with E-state index in [-0.39, 0.29) is 37.4 Å². The van der Waals surface area contributed by atoms with Crippen LogP contribution in [0.3, 0.4) is 0 Å². The first kappa shape index (κ1) is 18.1. The first-order valence-electron chi connectivity index (χ1n) is 6.92. The number of aliphatic hydroxyl groups excluding tert-OH is 2. The monoisotopic (exact) mass is 314 g/mol. The van der Waals surface area contributed by atoms with E-state index in [0.29, 0.717) is 0 Å². The molecule has 0 saturated carbocycles. The lowest BCUT2D eigenvalue weighted by Gasteiger charge is -2.31. The largest absolute Gasteiger partial charge is 0.390 e. The van der Waals surface area contributed by atoms with Crippen molar-refractivity contribution in [1.29, 1.82) is 0 Å². The van der Waals surface area contributed by atoms with Crippen molar-refractivity contribution in [2.24, 2.45) is 5.73 Å². The summed E-state index contributed by atoms with van der Waals surface area (Å²) < 4.78 is 0. The van der Waals surface area contributed by atoms with Gasteiger partial charge in [0.05, 0.1) is 18.7 Å². The van der Waals surface area contributed by atoms with E-state index in [2.05, 4.69) is 16.0 Å². The molecule has 0 fully saturated rings. The molecule has 0 aromatic heterocycles. The van der Waals surface area contributed by atoms with Gasteiger partial charge in [-0.3, -0.25) is 14.4 Å². The van der Waals surface area contributed by atoms with Crippen LogP contribution in [0.5, 0.6) is 0 Å². The summed E-state index contributed by atoms with van der Waals surface area (Å²) in [7, 11) is 1.60. The van der Waals surface area contributed by atoms with Gasteiger partial charge < -0.3 is 31.9 Å². The van der Waals surface area contributed by atoms with Crippen LogP contribution in [-0.4, -0.2) is 66.3 Å². The molecule has 0 bridgehead atoms. The van der Waals surface area contributed by atoms with Crippen LogP contribution < -0.4 is 21.7 Å². The molecule has 1 aliphatic rings. The van der Waals surface area contributed by atoms with Gasteiger partial charge in [-0.2, -0.15) is 0 Å². The van der Waals surface area contributed by atoms with Gasteiger partial charge in [0.15, 0.2) is 0 Å². The van der Waals surface area contributed by atoms with Crippen molar-refractivity contribution in [3.8, 4) is 0 Å². The highest BCUT2D eigenvalue weighted by molar-refractivity contribution is 5.94. The minimum atomic E-state index is -1.19. The second kappa shape index (κ2) is 8.47. The number of likely N-dealkylation sites (N-methyl/N-ethyl adjacent to an activating group) is 1. The molecule has 0 unspecified atom stereocenters. The van der Waals surface area contributed by atoms with Gasteiger partial charge in [-0.25, -0.2) is 0 Å². The van der Waals surface area contributed by atoms with Crippen LogP contribution in [0.4, 0.5) is 0 Å². The molecule has 7 N–H and O–H groups in total. The van der Waals surface area contributed by atoms with Crippen LogP contribution in [0.25, 0.3) is 0 Å². The van der Waals surface area contributed by atoms with Crippen molar-refractivity contribution in [2.45, 2.75) is 31.1 Å². The fourth-order valence-electron chi connectivity index (χ4n) is 2.07. The Labute approximate surface area is 127 Å². The van der Waals surface area contributed by atoms with E-state index < -0.39 is 30.1 Å². The predicted molar refractivity (Wildman–Crippen MR) is 77.4 cm³/mol. The van der Waals surface area contributed by atoms with Crippen molar-refractivity contribution in [1.82, 2.24) is 16.0 Å². The van der Waals surface area contributed by atoms with Gasteiger partial charge in [-0.1, -0.05) is 6.08 Å². The van der Waals surface area contributed by atoms with E-state index >= 15 is 0 Å². The molecule has 3 atom stereocenters. The van der Waals surface area contributed by atoms with Crippen LogP contribution in [0.15, 0.2) is 11.6 Å². The average molecular weight is 314 g/mol. The first-order chi connectivity index (χ1) is 10.3. The number of carbonyl (C=O) groups excluding carboxylic acids is 3. The molecule has 0 spiro atoms. The molecule has 0 saturated heterocycles. The minimum Gasteiger partial charge on any atom is -0.390 e. The number of carbonyl (C=O) groups is 3. The van der Waals surface area contributed by atoms with Crippen LogP contribution in [0.2, 0.25) is 0 Å². The molecule has 1 aliphatic carbocycles. The molecular formula is C13H22N4O5. The zero-order valence-corrected chi connectivity index (χ0v) is 12.3. The SMILES string of the molecule is CNCC(=O)N[C@@H]1C=C(C(=O)NCCC(N)=O)C[C@@H](O)[C@@H]1O. The van der Waals surface area contributed by atoms with Crippen molar-refractivity contribution in [3.05, 3.63) is 11.6 Å². The Bertz CT molecular complexity index is 465. The fraction of sp³-hybridized carbons (Fsp3) is 0.615. The highest BCUT2D eigenvalue weighted by Gasteiger charge is 2.33. The van der Waals surface area contributed by atoms with E-state index in [4.69, 9.17) is 5.73 Å². The molecular weight excluding hydrogens is 292 g/mol. The molecule has 0 heterocycles. The van der Waals surface area contributed by atoms with Crippen LogP contribution in [-0.2, 0) is 14.4 Å². The Morgan fingerprint density at radius 2 is 2.05 bits per heavy atom. The van der Waals surface area contributed by atoms with E-state index in [9.17, 15) is 24.6 Å². The molecule has 0 aromatic rings. The maximum Gasteiger partial charge on any atom is 0.247 e. The summed E-state index contributed by atoms with van der Waals surface area (Å²) in [5.74, 6) is -1.38. The molecule has 9 nitrogen and oxygen atoms in total. The smallest absolute Gasteiger partial charge is 0.247 e. The molecule has 9 heteroatoms. The van der Waals surface area contributed by atoms with Crippen molar-refractivity contribution < 1.29 is 24.6 Å². The zero-order valence-electron chi connectivity index (χ0n) is 12.3. The second-order valence-corrected chi connectivity index (χ2v) is 5.05. The lowest BCUT2D eigenvalue weighted by atomic mass is 9.90. The number of nitrogens with one attached hydrogen (secondary N) is 3. The van der Waals surface area contributed by atoms with Crippen LogP contribution in [0.1, 0.15) is 12.8 Å². The maximum absolute atomic E-state index is 11.9. The Balaban J connectivity index is 2.69. The summed E-state index contributed by atoms with van der Waals surface area (Å²) in [6, 6.07) is -0.860. The van der Waals surface area contributed by atoms with Crippen molar-refractivity contribution in [2.75, 3.05) is 20.1 Å². The predicted octanol–water partition coefficient (Wildman–Crippen LogP) is -3.27. The average Bonchev–Trinajstić information content (AvgIpc) is 2.43. The fourth-order valence-corrected chi connectivity index (χ4v) is 2.07. The lowest BCUT2D eigenvalue weighted by Crippen LogP contribution is -2.52. The molecule has 0 radical (unpaired) electrons. The molecule has 124 valence electrons. The van der Waals surface area contributed by atoms with Crippen molar-refractivity contribution in [3.63, 3.8) is 0 Å². The molecule has 22 heavy (non-hydrogen) atoms. The number of nitrogens with two attached hydrogens (primary N) is 1. The summed E-state index contributed by atoms with van der Waals surface area (Å²) >= 11 is 0. The third-order valence-electron chi connectivity index (χ3n) is 3.19. The minimum absolute atomic E-state index is 0.00648. The Morgan fingerprint density at radius 3 is 2.64 bits per heavy atom. The van der Waals surface area contributed by atoms with E-state index in [0.717, 1.165) is 0 Å². The van der Waals surface area contributed by atoms with Gasteiger partial charge >= 0.3 is 0 Å². The van der Waals surface area contributed by atoms with Gasteiger partial charge in [0.1, 0.15) is 6.10 Å². The summed E-state index contributed by atoms with van der Waals surface area (Å²) in [6.45, 7) is 0.133. The van der Waals surface area contributed by atoms with Gasteiger partial charge in [-0.05, 0) is 7.05 Å². The highest BCUT2D eigenvalue weighted by atomic mass is 16.3. The third kappa shape index (κ3) is 5.43. The van der Waals surface area contributed by atoms with Crippen molar-refractivity contribution >= 4 is 17.7 Å². The van der Waals surface area contributed by atoms with Gasteiger partial charge in [-0.15, -0.1) is 0 Å². The quantitative estimate of drug-likeness (QED) is 0.290. The Hall–Kier alpha value is -1.97. The van der Waals surface area contributed by atoms with Gasteiger partial charge in [0.25, 0.3) is 0 Å². The number of hydrogen-bond acceptors (Lipinski definition) is 6. The Morgan fingerprint density at radius 1 is 1.36 bits per heavy atom. The van der Waals surface area contributed by atoms with E-state index in [1.165, 1.54) is 6.08 Å². The number of rotatable bonds is 7. The van der Waals surface area contributed by atoms with Crippen LogP contribution in [0, 0.1) is 0 Å². The summed E-state index contributed by atoms with van der Waals surface area (Å²) in [5.41, 5.74) is 5.20. The van der Waals surface area contributed by atoms with Crippen LogP contribution >= 0.6 is 0 Å². The maximum atomic E-state index is 11.9. The third-order valence-corrected chi connectivity index (χ3v) is 3.19. The van der Waals surface area contributed by atoms with Gasteiger partial charge in [0.2, 0.25) is 17.7 Å². The molecule has 1 rings (SSSR count). The number of hydrogen-bond donors (Lipinski definition) is 6. The number of aliphatic hydroxyl groups is 2. The number of primary amides is 1. The summed E-state index contributed by atoms with van der Waals surface area (Å²) in [6.07, 6.45) is -0.983. The van der Waals surface area contributed by atoms with E-state index in [1.54, 1.807) is 7.05 Å². The number of amides is 3. The lowest BCUT2D eigenvalue weighted by molar-refractivity contribution is -0.123. The standard InChI is InChI=1S/C13H22N4O5/c1-15-6-11(20)17-8-4-7(5-9(18)12(8)21)13(22)16-3-2-10(14)19/h4,8-9,12,15,18,21H,2-3,5-6H2,1H3,(H2,14,19)(H,16,22)(H,17,20)/t8-,9-,12-/m1/s1. The highest BCUT2D eigenvalue weighted by Crippen LogP contribution is 2.19. The topological polar surface area (TPSA) is 154 Å².